The van der Waals surface area contributed by atoms with Gasteiger partial charge in [-0.3, -0.25) is 0 Å². The number of hydrogen-bond acceptors (Lipinski definition) is 5. The van der Waals surface area contributed by atoms with Crippen LogP contribution in [0, 0.1) is 6.92 Å². The first kappa shape index (κ1) is 22.3. The van der Waals surface area contributed by atoms with E-state index in [1.807, 2.05) is 41.3 Å². The maximum absolute atomic E-state index is 12.9. The van der Waals surface area contributed by atoms with Gasteiger partial charge in [0.05, 0.1) is 0 Å². The monoisotopic (exact) mass is 449 g/mol. The van der Waals surface area contributed by atoms with Gasteiger partial charge < -0.3 is 15.1 Å². The zero-order valence-electron chi connectivity index (χ0n) is 18.9. The van der Waals surface area contributed by atoms with Crippen LogP contribution in [-0.2, 0) is 6.42 Å². The summed E-state index contributed by atoms with van der Waals surface area (Å²) in [6.07, 6.45) is 4.37. The summed E-state index contributed by atoms with van der Waals surface area (Å²) < 4.78 is 4.53. The zero-order chi connectivity index (χ0) is 22.3. The second kappa shape index (κ2) is 10.6. The highest BCUT2D eigenvalue weighted by Crippen LogP contribution is 2.25. The molecule has 7 heteroatoms. The van der Waals surface area contributed by atoms with Crippen molar-refractivity contribution in [2.24, 2.45) is 0 Å². The van der Waals surface area contributed by atoms with Crippen LogP contribution in [0.3, 0.4) is 0 Å². The predicted molar refractivity (Wildman–Crippen MR) is 133 cm³/mol. The molecule has 0 saturated carbocycles. The molecular weight excluding hydrogens is 418 g/mol. The minimum atomic E-state index is -0.0292. The van der Waals surface area contributed by atoms with E-state index >= 15 is 0 Å². The van der Waals surface area contributed by atoms with Gasteiger partial charge in [-0.1, -0.05) is 55.8 Å². The SMILES string of the molecule is CCCCc1ccc(NC(=O)N2CCCN(c3nc(-c4ccccc4)ns3)CC2)c(C)c1. The number of nitrogens with one attached hydrogen (secondary N) is 1. The summed E-state index contributed by atoms with van der Waals surface area (Å²) >= 11 is 1.43. The summed E-state index contributed by atoms with van der Waals surface area (Å²) in [5.41, 5.74) is 4.38. The third-order valence-corrected chi connectivity index (χ3v) is 6.63. The first-order valence-electron chi connectivity index (χ1n) is 11.4. The lowest BCUT2D eigenvalue weighted by Crippen LogP contribution is -2.38. The van der Waals surface area contributed by atoms with E-state index in [-0.39, 0.29) is 6.03 Å². The maximum atomic E-state index is 12.9. The molecule has 1 fully saturated rings. The van der Waals surface area contributed by atoms with Gasteiger partial charge in [0.2, 0.25) is 5.13 Å². The number of nitrogens with zero attached hydrogens (tertiary/aromatic N) is 4. The summed E-state index contributed by atoms with van der Waals surface area (Å²) in [6.45, 7) is 7.30. The van der Waals surface area contributed by atoms with Gasteiger partial charge in [0.15, 0.2) is 5.82 Å². The molecule has 1 N–H and O–H groups in total. The second-order valence-electron chi connectivity index (χ2n) is 8.28. The molecule has 2 amide bonds. The molecule has 32 heavy (non-hydrogen) atoms. The number of aryl methyl sites for hydroxylation is 2. The maximum Gasteiger partial charge on any atom is 0.321 e. The summed E-state index contributed by atoms with van der Waals surface area (Å²) in [7, 11) is 0. The summed E-state index contributed by atoms with van der Waals surface area (Å²) in [5.74, 6) is 0.766. The Morgan fingerprint density at radius 3 is 2.72 bits per heavy atom. The Morgan fingerprint density at radius 1 is 1.09 bits per heavy atom. The van der Waals surface area contributed by atoms with Crippen LogP contribution in [0.25, 0.3) is 11.4 Å². The number of anilines is 2. The molecule has 2 heterocycles. The van der Waals surface area contributed by atoms with Crippen LogP contribution in [0.4, 0.5) is 15.6 Å². The number of amides is 2. The van der Waals surface area contributed by atoms with Crippen molar-refractivity contribution in [2.45, 2.75) is 39.5 Å². The van der Waals surface area contributed by atoms with Gasteiger partial charge in [-0.25, -0.2) is 4.79 Å². The van der Waals surface area contributed by atoms with Crippen molar-refractivity contribution in [1.29, 1.82) is 0 Å². The van der Waals surface area contributed by atoms with Gasteiger partial charge in [-0.2, -0.15) is 9.36 Å². The van der Waals surface area contributed by atoms with E-state index in [9.17, 15) is 4.79 Å². The highest BCUT2D eigenvalue weighted by molar-refractivity contribution is 7.09. The fourth-order valence-corrected chi connectivity index (χ4v) is 4.70. The molecule has 0 aliphatic carbocycles. The van der Waals surface area contributed by atoms with Crippen LogP contribution in [-0.4, -0.2) is 46.5 Å². The Bertz CT molecular complexity index is 1040. The molecule has 1 aliphatic rings. The number of carbonyl (C=O) groups is 1. The van der Waals surface area contributed by atoms with Crippen LogP contribution in [0.2, 0.25) is 0 Å². The predicted octanol–water partition coefficient (Wildman–Crippen LogP) is 5.60. The standard InChI is InChI=1S/C25H31N5OS/c1-3-4-9-20-12-13-22(19(2)18-20)26-24(31)29-14-8-15-30(17-16-29)25-27-23(28-32-25)21-10-6-5-7-11-21/h5-7,10-13,18H,3-4,8-9,14-17H2,1-2H3,(H,26,31). The largest absolute Gasteiger partial charge is 0.345 e. The van der Waals surface area contributed by atoms with Gasteiger partial charge in [0.25, 0.3) is 0 Å². The number of hydrogen-bond donors (Lipinski definition) is 1. The van der Waals surface area contributed by atoms with E-state index in [0.717, 1.165) is 60.2 Å². The van der Waals surface area contributed by atoms with Gasteiger partial charge in [0, 0.05) is 49.0 Å². The third kappa shape index (κ3) is 5.46. The molecule has 0 unspecified atom stereocenters. The molecule has 1 saturated heterocycles. The number of carbonyl (C=O) groups excluding carboxylic acids is 1. The molecule has 0 spiro atoms. The lowest BCUT2D eigenvalue weighted by molar-refractivity contribution is 0.215. The van der Waals surface area contributed by atoms with Crippen molar-refractivity contribution in [3.8, 4) is 11.4 Å². The number of benzene rings is 2. The Labute approximate surface area is 194 Å². The molecule has 0 bridgehead atoms. The van der Waals surface area contributed by atoms with Crippen molar-refractivity contribution in [3.63, 3.8) is 0 Å². The molecule has 1 aromatic heterocycles. The van der Waals surface area contributed by atoms with E-state index in [1.54, 1.807) is 0 Å². The fraction of sp³-hybridized carbons (Fsp3) is 0.400. The highest BCUT2D eigenvalue weighted by Gasteiger charge is 2.22. The van der Waals surface area contributed by atoms with Gasteiger partial charge in [-0.05, 0) is 43.4 Å². The Morgan fingerprint density at radius 2 is 1.94 bits per heavy atom. The Hall–Kier alpha value is -2.93. The van der Waals surface area contributed by atoms with Crippen molar-refractivity contribution < 1.29 is 4.79 Å². The molecule has 2 aromatic carbocycles. The number of rotatable bonds is 6. The molecule has 1 aliphatic heterocycles. The number of unbranched alkanes of at least 4 members (excludes halogenated alkanes) is 1. The van der Waals surface area contributed by atoms with Crippen LogP contribution < -0.4 is 10.2 Å². The lowest BCUT2D eigenvalue weighted by Gasteiger charge is -2.22. The van der Waals surface area contributed by atoms with Crippen molar-refractivity contribution >= 4 is 28.4 Å². The molecule has 6 nitrogen and oxygen atoms in total. The Kier molecular flexibility index (Phi) is 7.37. The van der Waals surface area contributed by atoms with Crippen LogP contribution in [0.5, 0.6) is 0 Å². The normalized spacial score (nSPS) is 14.3. The molecule has 168 valence electrons. The smallest absolute Gasteiger partial charge is 0.321 e. The quantitative estimate of drug-likeness (QED) is 0.532. The first-order valence-corrected chi connectivity index (χ1v) is 12.2. The van der Waals surface area contributed by atoms with E-state index in [0.29, 0.717) is 6.54 Å². The molecule has 0 atom stereocenters. The average molecular weight is 450 g/mol. The zero-order valence-corrected chi connectivity index (χ0v) is 19.7. The summed E-state index contributed by atoms with van der Waals surface area (Å²) in [6, 6.07) is 16.4. The van der Waals surface area contributed by atoms with Gasteiger partial charge in [0.1, 0.15) is 0 Å². The highest BCUT2D eigenvalue weighted by atomic mass is 32.1. The van der Waals surface area contributed by atoms with Crippen LogP contribution in [0.1, 0.15) is 37.3 Å². The third-order valence-electron chi connectivity index (χ3n) is 5.85. The lowest BCUT2D eigenvalue weighted by atomic mass is 10.0. The van der Waals surface area contributed by atoms with Gasteiger partial charge >= 0.3 is 6.03 Å². The van der Waals surface area contributed by atoms with E-state index in [4.69, 9.17) is 4.98 Å². The summed E-state index contributed by atoms with van der Waals surface area (Å²) in [4.78, 5) is 21.8. The van der Waals surface area contributed by atoms with Crippen molar-refractivity contribution in [2.75, 3.05) is 36.4 Å². The molecule has 3 aromatic rings. The van der Waals surface area contributed by atoms with E-state index < -0.39 is 0 Å². The van der Waals surface area contributed by atoms with Crippen LogP contribution >= 0.6 is 11.5 Å². The fourth-order valence-electron chi connectivity index (χ4n) is 3.96. The van der Waals surface area contributed by atoms with E-state index in [1.165, 1.54) is 29.9 Å². The topological polar surface area (TPSA) is 61.4 Å². The average Bonchev–Trinajstić information content (AvgIpc) is 3.17. The Balaban J connectivity index is 1.35. The minimum Gasteiger partial charge on any atom is -0.345 e. The van der Waals surface area contributed by atoms with E-state index in [2.05, 4.69) is 40.6 Å². The number of aromatic nitrogens is 2. The molecule has 0 radical (unpaired) electrons. The second-order valence-corrected chi connectivity index (χ2v) is 9.01. The van der Waals surface area contributed by atoms with Crippen LogP contribution in [0.15, 0.2) is 48.5 Å². The van der Waals surface area contributed by atoms with Crippen molar-refractivity contribution in [3.05, 3.63) is 59.7 Å². The first-order chi connectivity index (χ1) is 15.6. The minimum absolute atomic E-state index is 0.0292. The summed E-state index contributed by atoms with van der Waals surface area (Å²) in [5, 5.41) is 4.04. The number of urea groups is 1. The van der Waals surface area contributed by atoms with Gasteiger partial charge in [-0.15, -0.1) is 0 Å². The molecule has 4 rings (SSSR count). The molecular formula is C25H31N5OS. The van der Waals surface area contributed by atoms with Crippen molar-refractivity contribution in [1.82, 2.24) is 14.3 Å².